The van der Waals surface area contributed by atoms with E-state index in [1.807, 2.05) is 6.07 Å². The molecule has 1 aliphatic carbocycles. The molecule has 1 N–H and O–H groups in total. The van der Waals surface area contributed by atoms with Crippen molar-refractivity contribution in [2.45, 2.75) is 44.2 Å². The Morgan fingerprint density at radius 3 is 2.10 bits per heavy atom. The number of alkyl halides is 7. The molecule has 0 spiro atoms. The van der Waals surface area contributed by atoms with Crippen molar-refractivity contribution >= 4 is 17.6 Å². The zero-order valence-electron chi connectivity index (χ0n) is 20.9. The molecule has 2 aromatic carbocycles. The van der Waals surface area contributed by atoms with Crippen molar-refractivity contribution in [3.63, 3.8) is 0 Å². The lowest BCUT2D eigenvalue weighted by Gasteiger charge is -2.26. The summed E-state index contributed by atoms with van der Waals surface area (Å²) in [4.78, 5) is 24.4. The third-order valence-electron chi connectivity index (χ3n) is 6.25. The van der Waals surface area contributed by atoms with Gasteiger partial charge in [0.05, 0.1) is 17.3 Å². The summed E-state index contributed by atoms with van der Waals surface area (Å²) in [6.07, 6.45) is -6.12. The Labute approximate surface area is 227 Å². The maximum Gasteiger partial charge on any atom is 0.460 e. The number of aryl methyl sites for hydroxylation is 1. The van der Waals surface area contributed by atoms with E-state index in [9.17, 15) is 40.3 Å². The molecular formula is C27H18F7N3O4. The average Bonchev–Trinajstić information content (AvgIpc) is 3.28. The minimum Gasteiger partial charge on any atom is -0.453 e. The normalized spacial score (nSPS) is 14.8. The van der Waals surface area contributed by atoms with Crippen LogP contribution in [-0.2, 0) is 11.2 Å². The summed E-state index contributed by atoms with van der Waals surface area (Å²) >= 11 is 0. The first-order valence-corrected chi connectivity index (χ1v) is 11.8. The molecule has 1 heterocycles. The molecule has 214 valence electrons. The number of hydrogen-bond donors (Lipinski definition) is 1. The van der Waals surface area contributed by atoms with Gasteiger partial charge in [-0.2, -0.15) is 41.1 Å². The Balaban J connectivity index is 1.51. The predicted octanol–water partition coefficient (Wildman–Crippen LogP) is 6.34. The Hall–Kier alpha value is -4.67. The van der Waals surface area contributed by atoms with Gasteiger partial charge >= 0.3 is 29.9 Å². The number of fused-ring (bicyclic) bond motifs is 1. The molecular weight excluding hydrogens is 563 g/mol. The Bertz CT molecular complexity index is 1550. The largest absolute Gasteiger partial charge is 0.460 e. The lowest BCUT2D eigenvalue weighted by molar-refractivity contribution is -0.344. The van der Waals surface area contributed by atoms with E-state index in [0.717, 1.165) is 16.6 Å². The van der Waals surface area contributed by atoms with E-state index >= 15 is 0 Å². The standard InChI is InChI=1S/C27H18F7N3O4/c1-14-21-19(36-37-24(39)25(28,29)26(30,31)27(32,33)34)3-2-4-20(21)41-22(14)23(38)40-18-11-9-17(10-12-18)16-7-5-15(13-35)6-8-16/h5-12H,2-4H2,1H3,(H,37,39)/b36-19+. The summed E-state index contributed by atoms with van der Waals surface area (Å²) in [6, 6.07) is 15.2. The maximum absolute atomic E-state index is 13.6. The minimum absolute atomic E-state index is 0.0141. The van der Waals surface area contributed by atoms with Gasteiger partial charge < -0.3 is 9.15 Å². The van der Waals surface area contributed by atoms with Crippen LogP contribution in [0.5, 0.6) is 5.75 Å². The average molecular weight is 581 g/mol. The molecule has 0 unspecified atom stereocenters. The van der Waals surface area contributed by atoms with Crippen LogP contribution >= 0.6 is 0 Å². The van der Waals surface area contributed by atoms with Crippen molar-refractivity contribution in [2.75, 3.05) is 0 Å². The van der Waals surface area contributed by atoms with Crippen LogP contribution in [0, 0.1) is 18.3 Å². The van der Waals surface area contributed by atoms with Crippen molar-refractivity contribution in [3.8, 4) is 22.9 Å². The lowest BCUT2D eigenvalue weighted by atomic mass is 9.93. The van der Waals surface area contributed by atoms with Gasteiger partial charge in [-0.25, -0.2) is 10.2 Å². The van der Waals surface area contributed by atoms with Crippen molar-refractivity contribution in [1.82, 2.24) is 5.43 Å². The highest BCUT2D eigenvalue weighted by molar-refractivity contribution is 6.06. The molecule has 41 heavy (non-hydrogen) atoms. The zero-order valence-corrected chi connectivity index (χ0v) is 20.9. The van der Waals surface area contributed by atoms with E-state index < -0.39 is 29.9 Å². The molecule has 3 aromatic rings. The second-order valence-corrected chi connectivity index (χ2v) is 8.96. The second kappa shape index (κ2) is 10.7. The van der Waals surface area contributed by atoms with E-state index in [0.29, 0.717) is 5.56 Å². The molecule has 4 rings (SSSR count). The molecule has 0 radical (unpaired) electrons. The number of hydrogen-bond acceptors (Lipinski definition) is 6. The van der Waals surface area contributed by atoms with Gasteiger partial charge in [-0.3, -0.25) is 4.79 Å². The van der Waals surface area contributed by atoms with Crippen LogP contribution in [0.4, 0.5) is 30.7 Å². The number of benzene rings is 2. The van der Waals surface area contributed by atoms with Crippen LogP contribution in [0.3, 0.4) is 0 Å². The summed E-state index contributed by atoms with van der Waals surface area (Å²) in [5.74, 6) is -16.6. The second-order valence-electron chi connectivity index (χ2n) is 8.96. The monoisotopic (exact) mass is 581 g/mol. The van der Waals surface area contributed by atoms with Gasteiger partial charge in [0.2, 0.25) is 5.76 Å². The van der Waals surface area contributed by atoms with Gasteiger partial charge in [0, 0.05) is 17.5 Å². The Kier molecular flexibility index (Phi) is 7.66. The molecule has 0 saturated heterocycles. The number of halogens is 7. The fourth-order valence-electron chi connectivity index (χ4n) is 4.09. The van der Waals surface area contributed by atoms with Gasteiger partial charge in [-0.15, -0.1) is 0 Å². The number of esters is 1. The topological polar surface area (TPSA) is 105 Å². The number of carbonyl (C=O) groups excluding carboxylic acids is 2. The third kappa shape index (κ3) is 5.52. The molecule has 0 saturated carbocycles. The highest BCUT2D eigenvalue weighted by Crippen LogP contribution is 2.46. The summed E-state index contributed by atoms with van der Waals surface area (Å²) in [7, 11) is 0. The summed E-state index contributed by atoms with van der Waals surface area (Å²) in [6.45, 7) is 1.40. The number of nitriles is 1. The van der Waals surface area contributed by atoms with Crippen LogP contribution in [0.1, 0.15) is 45.8 Å². The van der Waals surface area contributed by atoms with E-state index in [2.05, 4.69) is 5.10 Å². The Morgan fingerprint density at radius 1 is 0.951 bits per heavy atom. The van der Waals surface area contributed by atoms with Crippen LogP contribution in [0.2, 0.25) is 0 Å². The van der Waals surface area contributed by atoms with Crippen LogP contribution < -0.4 is 10.2 Å². The maximum atomic E-state index is 13.6. The number of furan rings is 1. The molecule has 0 aliphatic heterocycles. The SMILES string of the molecule is Cc1c(C(=O)Oc2ccc(-c3ccc(C#N)cc3)cc2)oc2c1/C(=N/NC(=O)C(F)(F)C(F)(F)C(F)(F)F)CCC2. The van der Waals surface area contributed by atoms with E-state index in [1.165, 1.54) is 19.1 Å². The predicted molar refractivity (Wildman–Crippen MR) is 129 cm³/mol. The highest BCUT2D eigenvalue weighted by atomic mass is 19.4. The molecule has 14 heteroatoms. The summed E-state index contributed by atoms with van der Waals surface area (Å²) in [5.41, 5.74) is 3.27. The first-order chi connectivity index (χ1) is 19.2. The van der Waals surface area contributed by atoms with E-state index in [4.69, 9.17) is 14.4 Å². The Morgan fingerprint density at radius 2 is 1.54 bits per heavy atom. The van der Waals surface area contributed by atoms with Crippen molar-refractivity contribution in [2.24, 2.45) is 5.10 Å². The van der Waals surface area contributed by atoms with Gasteiger partial charge in [0.15, 0.2) is 0 Å². The fourth-order valence-corrected chi connectivity index (χ4v) is 4.09. The molecule has 7 nitrogen and oxygen atoms in total. The van der Waals surface area contributed by atoms with Crippen LogP contribution in [0.25, 0.3) is 11.1 Å². The smallest absolute Gasteiger partial charge is 0.453 e. The van der Waals surface area contributed by atoms with Crippen molar-refractivity contribution in [1.29, 1.82) is 5.26 Å². The number of nitrogens with zero attached hydrogens (tertiary/aromatic N) is 2. The van der Waals surface area contributed by atoms with Crippen molar-refractivity contribution in [3.05, 3.63) is 76.7 Å². The fraction of sp³-hybridized carbons (Fsp3) is 0.259. The first kappa shape index (κ1) is 29.3. The summed E-state index contributed by atoms with van der Waals surface area (Å²) in [5, 5.41) is 12.3. The van der Waals surface area contributed by atoms with E-state index in [1.54, 1.807) is 36.4 Å². The number of carbonyl (C=O) groups is 2. The van der Waals surface area contributed by atoms with Gasteiger partial charge in [0.25, 0.3) is 0 Å². The minimum atomic E-state index is -6.68. The molecule has 0 atom stereocenters. The van der Waals surface area contributed by atoms with Gasteiger partial charge in [-0.1, -0.05) is 24.3 Å². The molecule has 1 amide bonds. The van der Waals surface area contributed by atoms with Gasteiger partial charge in [0.1, 0.15) is 11.5 Å². The molecule has 1 aliphatic rings. The quantitative estimate of drug-likeness (QED) is 0.159. The van der Waals surface area contributed by atoms with Crippen molar-refractivity contribution < 1.29 is 49.5 Å². The van der Waals surface area contributed by atoms with Crippen LogP contribution in [0.15, 0.2) is 58.0 Å². The number of nitrogens with one attached hydrogen (secondary N) is 1. The third-order valence-corrected chi connectivity index (χ3v) is 6.25. The number of amides is 1. The molecule has 1 aromatic heterocycles. The van der Waals surface area contributed by atoms with Crippen LogP contribution in [-0.4, -0.2) is 35.6 Å². The number of hydrazone groups is 1. The number of ether oxygens (including phenoxy) is 1. The highest BCUT2D eigenvalue weighted by Gasteiger charge is 2.76. The van der Waals surface area contributed by atoms with E-state index in [-0.39, 0.29) is 53.4 Å². The first-order valence-electron chi connectivity index (χ1n) is 11.8. The molecule has 0 fully saturated rings. The number of rotatable bonds is 6. The lowest BCUT2D eigenvalue weighted by Crippen LogP contribution is -2.58. The summed E-state index contributed by atoms with van der Waals surface area (Å²) < 4.78 is 102. The molecule has 0 bridgehead atoms. The van der Waals surface area contributed by atoms with Gasteiger partial charge in [-0.05, 0) is 55.2 Å². The zero-order chi connectivity index (χ0) is 30.2.